The van der Waals surface area contributed by atoms with E-state index in [2.05, 4.69) is 4.74 Å². The Morgan fingerprint density at radius 1 is 1.60 bits per heavy atom. The molecule has 0 bridgehead atoms. The molecule has 0 atom stereocenters. The molecule has 0 aromatic carbocycles. The van der Waals surface area contributed by atoms with E-state index in [9.17, 15) is 18.3 Å². The molecule has 0 aliphatic rings. The predicted molar refractivity (Wildman–Crippen MR) is 26.3 cm³/mol. The molecule has 0 saturated carbocycles. The van der Waals surface area contributed by atoms with Gasteiger partial charge in [-0.15, -0.1) is 0 Å². The first-order chi connectivity index (χ1) is 4.13. The minimum atomic E-state index is -2.37. The van der Waals surface area contributed by atoms with Crippen molar-refractivity contribution in [3.05, 3.63) is 0 Å². The van der Waals surface area contributed by atoms with Gasteiger partial charge in [0.1, 0.15) is 0 Å². The van der Waals surface area contributed by atoms with Gasteiger partial charge in [0.15, 0.2) is 0 Å². The first-order valence-corrected chi connectivity index (χ1v) is 3.02. The number of carboxylic acid groups (broad SMARTS) is 1. The van der Waals surface area contributed by atoms with Gasteiger partial charge in [0.25, 0.3) is 6.16 Å². The standard InChI is InChI=1S/C3H4O5S.Na/c4-3(5)8-1-2-9(6)7;/h2H,1H2,(H,4,5);/q;+1/p-1. The monoisotopic (exact) mass is 174 g/mol. The SMILES string of the molecule is O=C([O-])OCC=S(=O)=O.[Na+]. The molecule has 0 aliphatic carbocycles. The van der Waals surface area contributed by atoms with Crippen molar-refractivity contribution in [2.24, 2.45) is 0 Å². The van der Waals surface area contributed by atoms with E-state index in [1.807, 2.05) is 0 Å². The van der Waals surface area contributed by atoms with Crippen LogP contribution in [0, 0.1) is 0 Å². The molecule has 5 nitrogen and oxygen atoms in total. The summed E-state index contributed by atoms with van der Waals surface area (Å²) in [5.74, 6) is 0. The van der Waals surface area contributed by atoms with Crippen LogP contribution in [0.5, 0.6) is 0 Å². The van der Waals surface area contributed by atoms with E-state index in [1.165, 1.54) is 0 Å². The molecule has 0 saturated heterocycles. The second-order valence-corrected chi connectivity index (χ2v) is 1.84. The molecule has 0 fully saturated rings. The molecule has 52 valence electrons. The number of carbonyl (C=O) groups excluding carboxylic acids is 1. The van der Waals surface area contributed by atoms with Crippen LogP contribution in [0.1, 0.15) is 0 Å². The fraction of sp³-hybridized carbons (Fsp3) is 0.333. The third kappa shape index (κ3) is 10.9. The summed E-state index contributed by atoms with van der Waals surface area (Å²) in [4.78, 5) is 9.43. The van der Waals surface area contributed by atoms with E-state index in [0.29, 0.717) is 5.37 Å². The number of ether oxygens (including phenoxy) is 1. The maximum absolute atomic E-state index is 9.63. The number of carbonyl (C=O) groups is 1. The summed E-state index contributed by atoms with van der Waals surface area (Å²) in [6, 6.07) is 0. The molecular weight excluding hydrogens is 171 g/mol. The topological polar surface area (TPSA) is 83.5 Å². The Morgan fingerprint density at radius 2 is 2.10 bits per heavy atom. The summed E-state index contributed by atoms with van der Waals surface area (Å²) in [5, 5.41) is 10.1. The molecule has 0 unspecified atom stereocenters. The van der Waals surface area contributed by atoms with Gasteiger partial charge in [0.2, 0.25) is 10.3 Å². The summed E-state index contributed by atoms with van der Waals surface area (Å²) in [5.41, 5.74) is 0. The molecule has 7 heteroatoms. The van der Waals surface area contributed by atoms with Gasteiger partial charge < -0.3 is 14.6 Å². The fourth-order valence-corrected chi connectivity index (χ4v) is 0.337. The van der Waals surface area contributed by atoms with Crippen molar-refractivity contribution in [2.75, 3.05) is 6.61 Å². The van der Waals surface area contributed by atoms with Gasteiger partial charge in [-0.3, -0.25) is 0 Å². The van der Waals surface area contributed by atoms with Crippen molar-refractivity contribution < 1.29 is 52.6 Å². The Labute approximate surface area is 80.8 Å². The molecule has 0 amide bonds. The van der Waals surface area contributed by atoms with E-state index in [4.69, 9.17) is 0 Å². The minimum absolute atomic E-state index is 0. The van der Waals surface area contributed by atoms with Crippen LogP contribution in [0.25, 0.3) is 0 Å². The van der Waals surface area contributed by atoms with Gasteiger partial charge in [-0.1, -0.05) is 0 Å². The predicted octanol–water partition coefficient (Wildman–Crippen LogP) is -4.97. The Kier molecular flexibility index (Phi) is 8.92. The van der Waals surface area contributed by atoms with E-state index in [-0.39, 0.29) is 29.6 Å². The quantitative estimate of drug-likeness (QED) is 0.238. The molecule has 0 aliphatic heterocycles. The van der Waals surface area contributed by atoms with E-state index < -0.39 is 23.1 Å². The zero-order valence-electron chi connectivity index (χ0n) is 5.23. The second kappa shape index (κ2) is 7.07. The third-order valence-corrected chi connectivity index (χ3v) is 0.814. The molecule has 0 aromatic heterocycles. The van der Waals surface area contributed by atoms with Crippen LogP contribution >= 0.6 is 0 Å². The van der Waals surface area contributed by atoms with Gasteiger partial charge in [-0.2, -0.15) is 8.42 Å². The average molecular weight is 174 g/mol. The summed E-state index contributed by atoms with van der Waals surface area (Å²) in [6.07, 6.45) is -1.74. The van der Waals surface area contributed by atoms with Crippen LogP contribution in [-0.2, 0) is 15.0 Å². The molecule has 0 aromatic rings. The van der Waals surface area contributed by atoms with Gasteiger partial charge in [0.05, 0.1) is 12.0 Å². The van der Waals surface area contributed by atoms with Gasteiger partial charge in [0, 0.05) is 0 Å². The molecule has 10 heavy (non-hydrogen) atoms. The Hall–Kier alpha value is -0.0400. The van der Waals surface area contributed by atoms with Crippen LogP contribution < -0.4 is 34.7 Å². The van der Waals surface area contributed by atoms with Gasteiger partial charge >= 0.3 is 29.6 Å². The van der Waals surface area contributed by atoms with Crippen molar-refractivity contribution in [3.8, 4) is 0 Å². The van der Waals surface area contributed by atoms with Crippen molar-refractivity contribution in [1.29, 1.82) is 0 Å². The smallest absolute Gasteiger partial charge is 0.545 e. The van der Waals surface area contributed by atoms with Crippen LogP contribution in [0.2, 0.25) is 0 Å². The van der Waals surface area contributed by atoms with Crippen LogP contribution in [0.4, 0.5) is 4.79 Å². The second-order valence-electron chi connectivity index (χ2n) is 0.988. The van der Waals surface area contributed by atoms with Gasteiger partial charge in [-0.05, 0) is 0 Å². The molecule has 0 N–H and O–H groups in total. The van der Waals surface area contributed by atoms with Gasteiger partial charge in [-0.25, -0.2) is 0 Å². The first-order valence-electron chi connectivity index (χ1n) is 1.88. The fourth-order valence-electron chi connectivity index (χ4n) is 0.158. The molecule has 0 spiro atoms. The average Bonchev–Trinajstić information content (AvgIpc) is 1.63. The largest absolute Gasteiger partial charge is 1.00 e. The third-order valence-electron chi connectivity index (χ3n) is 0.405. The van der Waals surface area contributed by atoms with Crippen molar-refractivity contribution in [3.63, 3.8) is 0 Å². The Bertz CT molecular complexity index is 209. The maximum Gasteiger partial charge on any atom is 1.00 e. The summed E-state index contributed by atoms with van der Waals surface area (Å²) in [7, 11) is -2.37. The number of rotatable bonds is 2. The summed E-state index contributed by atoms with van der Waals surface area (Å²) >= 11 is 0. The van der Waals surface area contributed by atoms with Crippen molar-refractivity contribution in [1.82, 2.24) is 0 Å². The van der Waals surface area contributed by atoms with Crippen LogP contribution in [0.15, 0.2) is 0 Å². The molecular formula is C3H3NaO5S. The van der Waals surface area contributed by atoms with Crippen molar-refractivity contribution in [2.45, 2.75) is 0 Å². The summed E-state index contributed by atoms with van der Waals surface area (Å²) in [6.45, 7) is -0.488. The zero-order chi connectivity index (χ0) is 7.28. The maximum atomic E-state index is 9.63. The van der Waals surface area contributed by atoms with Crippen LogP contribution in [-0.4, -0.2) is 26.5 Å². The Morgan fingerprint density at radius 3 is 2.40 bits per heavy atom. The van der Waals surface area contributed by atoms with E-state index in [0.717, 1.165) is 0 Å². The summed E-state index contributed by atoms with van der Waals surface area (Å²) < 4.78 is 23.0. The van der Waals surface area contributed by atoms with E-state index >= 15 is 0 Å². The number of hydrogen-bond donors (Lipinski definition) is 0. The number of hydrogen-bond acceptors (Lipinski definition) is 5. The zero-order valence-corrected chi connectivity index (χ0v) is 8.05. The molecule has 0 heterocycles. The van der Waals surface area contributed by atoms with Crippen LogP contribution in [0.3, 0.4) is 0 Å². The van der Waals surface area contributed by atoms with Crippen molar-refractivity contribution >= 4 is 21.8 Å². The minimum Gasteiger partial charge on any atom is -0.545 e. The Balaban J connectivity index is 0. The molecule has 0 radical (unpaired) electrons. The molecule has 0 rings (SSSR count). The van der Waals surface area contributed by atoms with E-state index in [1.54, 1.807) is 0 Å². The first kappa shape index (κ1) is 12.6. The normalized spacial score (nSPS) is 7.20.